The van der Waals surface area contributed by atoms with E-state index in [-0.39, 0.29) is 18.4 Å². The van der Waals surface area contributed by atoms with Crippen LogP contribution in [-0.4, -0.2) is 45.9 Å². The number of carbonyl (C=O) groups is 3. The molecule has 4 rings (SSSR count). The molecule has 1 aliphatic heterocycles. The van der Waals surface area contributed by atoms with Crippen molar-refractivity contribution >= 4 is 34.3 Å². The van der Waals surface area contributed by atoms with E-state index in [0.29, 0.717) is 31.0 Å². The standard InChI is InChI=1S/C26H28N4O5/c1-16-13-18(21-5-3-4-6-24(21)27-16)15-35-20-9-7-19(8-10-20)28-25(32)22-11-12-30(17(2)31)14-23(22)26(33)29-34/h3-10,13,22-23,34H,11-12,14-15H2,1-2H3,(H,28,32)(H,29,33)/t22?,23-/m0/s1. The number of aromatic nitrogens is 1. The number of nitrogens with one attached hydrogen (secondary N) is 2. The topological polar surface area (TPSA) is 121 Å². The highest BCUT2D eigenvalue weighted by atomic mass is 16.5. The smallest absolute Gasteiger partial charge is 0.249 e. The fourth-order valence-electron chi connectivity index (χ4n) is 4.45. The van der Waals surface area contributed by atoms with Gasteiger partial charge in [-0.3, -0.25) is 24.6 Å². The van der Waals surface area contributed by atoms with Crippen LogP contribution in [-0.2, 0) is 21.0 Å². The summed E-state index contributed by atoms with van der Waals surface area (Å²) < 4.78 is 5.97. The molecule has 0 saturated carbocycles. The lowest BCUT2D eigenvalue weighted by Crippen LogP contribution is -2.51. The van der Waals surface area contributed by atoms with Crippen LogP contribution in [0.4, 0.5) is 5.69 Å². The van der Waals surface area contributed by atoms with Crippen LogP contribution in [0.25, 0.3) is 10.9 Å². The van der Waals surface area contributed by atoms with Crippen LogP contribution in [0.2, 0.25) is 0 Å². The van der Waals surface area contributed by atoms with Crippen molar-refractivity contribution in [2.45, 2.75) is 26.9 Å². The molecule has 182 valence electrons. The summed E-state index contributed by atoms with van der Waals surface area (Å²) in [6, 6.07) is 16.9. The number of hydroxylamine groups is 1. The SMILES string of the molecule is CC(=O)N1CCC(C(=O)Nc2ccc(OCc3cc(C)nc4ccccc34)cc2)[C@@H](C(=O)NO)C1. The lowest BCUT2D eigenvalue weighted by atomic mass is 9.84. The largest absolute Gasteiger partial charge is 0.489 e. The number of ether oxygens (including phenoxy) is 1. The molecule has 35 heavy (non-hydrogen) atoms. The third-order valence-electron chi connectivity index (χ3n) is 6.29. The van der Waals surface area contributed by atoms with Crippen molar-refractivity contribution in [3.8, 4) is 5.75 Å². The number of benzene rings is 2. The first-order chi connectivity index (χ1) is 16.9. The molecule has 3 aromatic rings. The molecule has 0 radical (unpaired) electrons. The number of carbonyl (C=O) groups excluding carboxylic acids is 3. The molecule has 9 heteroatoms. The fourth-order valence-corrected chi connectivity index (χ4v) is 4.45. The van der Waals surface area contributed by atoms with Gasteiger partial charge in [0.25, 0.3) is 0 Å². The van der Waals surface area contributed by atoms with Crippen molar-refractivity contribution < 1.29 is 24.3 Å². The molecule has 0 bridgehead atoms. The van der Waals surface area contributed by atoms with Gasteiger partial charge < -0.3 is 15.0 Å². The van der Waals surface area contributed by atoms with Gasteiger partial charge in [0.2, 0.25) is 17.7 Å². The Morgan fingerprint density at radius 2 is 1.83 bits per heavy atom. The first-order valence-electron chi connectivity index (χ1n) is 11.4. The third kappa shape index (κ3) is 5.58. The van der Waals surface area contributed by atoms with E-state index in [2.05, 4.69) is 10.3 Å². The Bertz CT molecular complexity index is 1240. The second kappa shape index (κ2) is 10.5. The van der Waals surface area contributed by atoms with E-state index >= 15 is 0 Å². The minimum absolute atomic E-state index is 0.0791. The van der Waals surface area contributed by atoms with E-state index in [1.54, 1.807) is 29.7 Å². The summed E-state index contributed by atoms with van der Waals surface area (Å²) in [4.78, 5) is 42.8. The summed E-state index contributed by atoms with van der Waals surface area (Å²) in [6.45, 7) is 4.19. The first kappa shape index (κ1) is 24.2. The number of hydrogen-bond acceptors (Lipinski definition) is 6. The van der Waals surface area contributed by atoms with E-state index < -0.39 is 17.7 Å². The number of pyridine rings is 1. The molecule has 1 aromatic heterocycles. The van der Waals surface area contributed by atoms with Crippen LogP contribution in [0.3, 0.4) is 0 Å². The van der Waals surface area contributed by atoms with Gasteiger partial charge in [-0.05, 0) is 49.7 Å². The quantitative estimate of drug-likeness (QED) is 0.371. The minimum atomic E-state index is -0.834. The van der Waals surface area contributed by atoms with Gasteiger partial charge >= 0.3 is 0 Å². The van der Waals surface area contributed by atoms with Crippen LogP contribution in [0, 0.1) is 18.8 Å². The molecule has 0 aliphatic carbocycles. The molecule has 3 amide bonds. The van der Waals surface area contributed by atoms with Gasteiger partial charge in [0.15, 0.2) is 0 Å². The van der Waals surface area contributed by atoms with Gasteiger partial charge in [-0.25, -0.2) is 5.48 Å². The Kier molecular flexibility index (Phi) is 7.26. The number of nitrogens with zero attached hydrogens (tertiary/aromatic N) is 2. The number of likely N-dealkylation sites (tertiary alicyclic amines) is 1. The van der Waals surface area contributed by atoms with Gasteiger partial charge in [-0.2, -0.15) is 0 Å². The van der Waals surface area contributed by atoms with Crippen molar-refractivity contribution in [1.82, 2.24) is 15.4 Å². The average Bonchev–Trinajstić information content (AvgIpc) is 2.87. The van der Waals surface area contributed by atoms with Crippen LogP contribution >= 0.6 is 0 Å². The zero-order valence-corrected chi connectivity index (χ0v) is 19.7. The molecule has 0 spiro atoms. The highest BCUT2D eigenvalue weighted by molar-refractivity contribution is 5.96. The Balaban J connectivity index is 1.40. The lowest BCUT2D eigenvalue weighted by Gasteiger charge is -2.36. The van der Waals surface area contributed by atoms with E-state index in [4.69, 9.17) is 9.94 Å². The van der Waals surface area contributed by atoms with Crippen LogP contribution in [0.1, 0.15) is 24.6 Å². The van der Waals surface area contributed by atoms with Crippen molar-refractivity contribution in [2.75, 3.05) is 18.4 Å². The van der Waals surface area contributed by atoms with Gasteiger partial charge in [-0.15, -0.1) is 0 Å². The highest BCUT2D eigenvalue weighted by Crippen LogP contribution is 2.27. The molecule has 2 heterocycles. The zero-order valence-electron chi connectivity index (χ0n) is 19.7. The monoisotopic (exact) mass is 476 g/mol. The zero-order chi connectivity index (χ0) is 24.9. The van der Waals surface area contributed by atoms with Gasteiger partial charge in [-0.1, -0.05) is 18.2 Å². The summed E-state index contributed by atoms with van der Waals surface area (Å²) >= 11 is 0. The molecule has 3 N–H and O–H groups in total. The number of rotatable bonds is 6. The summed E-state index contributed by atoms with van der Waals surface area (Å²) in [5, 5.41) is 13.0. The Morgan fingerprint density at radius 3 is 2.54 bits per heavy atom. The number of aryl methyl sites for hydroxylation is 1. The van der Waals surface area contributed by atoms with Crippen molar-refractivity contribution in [3.63, 3.8) is 0 Å². The first-order valence-corrected chi connectivity index (χ1v) is 11.4. The van der Waals surface area contributed by atoms with Crippen molar-refractivity contribution in [3.05, 3.63) is 65.9 Å². The molecule has 2 atom stereocenters. The molecular weight excluding hydrogens is 448 g/mol. The molecular formula is C26H28N4O5. The summed E-state index contributed by atoms with van der Waals surface area (Å²) in [7, 11) is 0. The number of amides is 3. The molecule has 2 aromatic carbocycles. The molecule has 1 fully saturated rings. The maximum absolute atomic E-state index is 12.9. The maximum Gasteiger partial charge on any atom is 0.249 e. The summed E-state index contributed by atoms with van der Waals surface area (Å²) in [6.07, 6.45) is 0.323. The number of piperidine rings is 1. The molecule has 1 unspecified atom stereocenters. The van der Waals surface area contributed by atoms with Crippen molar-refractivity contribution in [1.29, 1.82) is 0 Å². The second-order valence-electron chi connectivity index (χ2n) is 8.68. The normalized spacial score (nSPS) is 17.6. The third-order valence-corrected chi connectivity index (χ3v) is 6.29. The Morgan fingerprint density at radius 1 is 1.09 bits per heavy atom. The van der Waals surface area contributed by atoms with E-state index in [1.807, 2.05) is 37.3 Å². The molecule has 9 nitrogen and oxygen atoms in total. The number of fused-ring (bicyclic) bond motifs is 1. The van der Waals surface area contributed by atoms with E-state index in [9.17, 15) is 14.4 Å². The summed E-state index contributed by atoms with van der Waals surface area (Å²) in [5.41, 5.74) is 5.05. The van der Waals surface area contributed by atoms with E-state index in [1.165, 1.54) is 11.8 Å². The highest BCUT2D eigenvalue weighted by Gasteiger charge is 2.39. The maximum atomic E-state index is 12.9. The second-order valence-corrected chi connectivity index (χ2v) is 8.68. The Hall–Kier alpha value is -3.98. The number of anilines is 1. The van der Waals surface area contributed by atoms with Gasteiger partial charge in [0.05, 0.1) is 17.4 Å². The number of hydrogen-bond donors (Lipinski definition) is 3. The van der Waals surface area contributed by atoms with Crippen LogP contribution in [0.5, 0.6) is 5.75 Å². The van der Waals surface area contributed by atoms with Crippen LogP contribution in [0.15, 0.2) is 54.6 Å². The number of para-hydroxylation sites is 1. The average molecular weight is 477 g/mol. The summed E-state index contributed by atoms with van der Waals surface area (Å²) in [5.74, 6) is -2.05. The van der Waals surface area contributed by atoms with Gasteiger partial charge in [0.1, 0.15) is 12.4 Å². The van der Waals surface area contributed by atoms with Gasteiger partial charge in [0, 0.05) is 42.3 Å². The minimum Gasteiger partial charge on any atom is -0.489 e. The van der Waals surface area contributed by atoms with E-state index in [0.717, 1.165) is 22.2 Å². The fraction of sp³-hybridized carbons (Fsp3) is 0.308. The predicted molar refractivity (Wildman–Crippen MR) is 130 cm³/mol. The van der Waals surface area contributed by atoms with Crippen LogP contribution < -0.4 is 15.5 Å². The predicted octanol–water partition coefficient (Wildman–Crippen LogP) is 3.05. The Labute approximate surface area is 203 Å². The van der Waals surface area contributed by atoms with Crippen molar-refractivity contribution in [2.24, 2.45) is 11.8 Å². The lowest BCUT2D eigenvalue weighted by molar-refractivity contribution is -0.145. The molecule has 1 aliphatic rings. The molecule has 1 saturated heterocycles.